The van der Waals surface area contributed by atoms with Gasteiger partial charge in [-0.15, -0.1) is 0 Å². The highest BCUT2D eigenvalue weighted by atomic mass is 16.5. The lowest BCUT2D eigenvalue weighted by atomic mass is 10.1. The van der Waals surface area contributed by atoms with Crippen LogP contribution >= 0.6 is 0 Å². The number of rotatable bonds is 4. The van der Waals surface area contributed by atoms with E-state index in [0.717, 1.165) is 37.1 Å². The number of hydrogen-bond donors (Lipinski definition) is 1. The fraction of sp³-hybridized carbons (Fsp3) is 0.500. The van der Waals surface area contributed by atoms with Crippen LogP contribution < -0.4 is 5.32 Å². The maximum Gasteiger partial charge on any atom is 0.317 e. The van der Waals surface area contributed by atoms with Gasteiger partial charge in [-0.1, -0.05) is 24.3 Å². The van der Waals surface area contributed by atoms with E-state index >= 15 is 0 Å². The molecule has 1 aliphatic rings. The Morgan fingerprint density at radius 3 is 2.61 bits per heavy atom. The van der Waals surface area contributed by atoms with Crippen molar-refractivity contribution in [3.05, 3.63) is 35.4 Å². The van der Waals surface area contributed by atoms with E-state index in [1.54, 1.807) is 7.11 Å². The largest absolute Gasteiger partial charge is 0.380 e. The highest BCUT2D eigenvalue weighted by Gasteiger charge is 2.17. The van der Waals surface area contributed by atoms with Crippen LogP contribution in [0.25, 0.3) is 0 Å². The van der Waals surface area contributed by atoms with Crippen molar-refractivity contribution < 1.29 is 9.53 Å². The molecule has 0 aliphatic carbocycles. The van der Waals surface area contributed by atoms with Crippen LogP contribution in [-0.4, -0.2) is 31.1 Å². The number of nitrogens with one attached hydrogen (secondary N) is 1. The van der Waals surface area contributed by atoms with Crippen LogP contribution in [0.2, 0.25) is 0 Å². The van der Waals surface area contributed by atoms with Gasteiger partial charge in [0.1, 0.15) is 0 Å². The number of hydrogen-bond acceptors (Lipinski definition) is 2. The molecular formula is C14H20N2O2. The Labute approximate surface area is 108 Å². The van der Waals surface area contributed by atoms with Crippen molar-refractivity contribution in [1.82, 2.24) is 10.2 Å². The predicted octanol–water partition coefficient (Wildman–Crippen LogP) is 2.14. The summed E-state index contributed by atoms with van der Waals surface area (Å²) in [4.78, 5) is 13.7. The van der Waals surface area contributed by atoms with Crippen molar-refractivity contribution in [3.63, 3.8) is 0 Å². The second-order valence-electron chi connectivity index (χ2n) is 4.55. The van der Waals surface area contributed by atoms with Crippen LogP contribution in [0.15, 0.2) is 24.3 Å². The summed E-state index contributed by atoms with van der Waals surface area (Å²) in [5.74, 6) is 0. The van der Waals surface area contributed by atoms with Crippen LogP contribution in [-0.2, 0) is 17.9 Å². The fourth-order valence-corrected chi connectivity index (χ4v) is 2.23. The molecule has 18 heavy (non-hydrogen) atoms. The molecule has 0 radical (unpaired) electrons. The number of carbonyl (C=O) groups is 1. The van der Waals surface area contributed by atoms with Crippen LogP contribution in [0.1, 0.15) is 24.0 Å². The van der Waals surface area contributed by atoms with Crippen LogP contribution in [0, 0.1) is 0 Å². The van der Waals surface area contributed by atoms with Gasteiger partial charge in [0.15, 0.2) is 0 Å². The molecule has 4 heteroatoms. The number of methoxy groups -OCH3 is 1. The predicted molar refractivity (Wildman–Crippen MR) is 70.2 cm³/mol. The Hall–Kier alpha value is -1.55. The van der Waals surface area contributed by atoms with E-state index in [0.29, 0.717) is 13.2 Å². The van der Waals surface area contributed by atoms with Gasteiger partial charge in [-0.05, 0) is 24.0 Å². The minimum Gasteiger partial charge on any atom is -0.380 e. The van der Waals surface area contributed by atoms with Crippen molar-refractivity contribution in [2.45, 2.75) is 26.0 Å². The topological polar surface area (TPSA) is 41.6 Å². The van der Waals surface area contributed by atoms with Crippen molar-refractivity contribution >= 4 is 6.03 Å². The van der Waals surface area contributed by atoms with E-state index in [1.165, 1.54) is 0 Å². The first-order valence-electron chi connectivity index (χ1n) is 6.40. The van der Waals surface area contributed by atoms with E-state index in [-0.39, 0.29) is 6.03 Å². The monoisotopic (exact) mass is 248 g/mol. The summed E-state index contributed by atoms with van der Waals surface area (Å²) < 4.78 is 5.15. The number of urea groups is 1. The lowest BCUT2D eigenvalue weighted by molar-refractivity contribution is 0.183. The minimum absolute atomic E-state index is 0.0414. The molecule has 1 N–H and O–H groups in total. The number of carbonyl (C=O) groups excluding carboxylic acids is 1. The van der Waals surface area contributed by atoms with Crippen molar-refractivity contribution in [1.29, 1.82) is 0 Å². The molecule has 0 saturated carbocycles. The highest BCUT2D eigenvalue weighted by molar-refractivity contribution is 5.74. The summed E-state index contributed by atoms with van der Waals surface area (Å²) >= 11 is 0. The van der Waals surface area contributed by atoms with E-state index in [1.807, 2.05) is 29.2 Å². The molecule has 0 spiro atoms. The third kappa shape index (κ3) is 3.23. The SMILES string of the molecule is COCc1ccccc1CNC(=O)N1CCCC1. The molecule has 2 amide bonds. The Balaban J connectivity index is 1.90. The van der Waals surface area contributed by atoms with Gasteiger partial charge in [-0.2, -0.15) is 0 Å². The smallest absolute Gasteiger partial charge is 0.317 e. The minimum atomic E-state index is 0.0414. The maximum absolute atomic E-state index is 11.9. The van der Waals surface area contributed by atoms with E-state index in [2.05, 4.69) is 5.32 Å². The molecule has 1 aromatic carbocycles. The first kappa shape index (κ1) is 12.9. The molecule has 1 aliphatic heterocycles. The van der Waals surface area contributed by atoms with Crippen molar-refractivity contribution in [3.8, 4) is 0 Å². The Bertz CT molecular complexity index is 401. The first-order chi connectivity index (χ1) is 8.81. The molecule has 1 aromatic rings. The van der Waals surface area contributed by atoms with Gasteiger partial charge in [0.05, 0.1) is 6.61 Å². The summed E-state index contributed by atoms with van der Waals surface area (Å²) in [5, 5.41) is 2.97. The molecule has 1 fully saturated rings. The van der Waals surface area contributed by atoms with Gasteiger partial charge < -0.3 is 15.0 Å². The van der Waals surface area contributed by atoms with Crippen LogP contribution in [0.5, 0.6) is 0 Å². The Kier molecular flexibility index (Phi) is 4.59. The zero-order valence-corrected chi connectivity index (χ0v) is 10.8. The maximum atomic E-state index is 11.9. The zero-order valence-electron chi connectivity index (χ0n) is 10.8. The Morgan fingerprint density at radius 2 is 1.94 bits per heavy atom. The third-order valence-electron chi connectivity index (χ3n) is 3.24. The van der Waals surface area contributed by atoms with Gasteiger partial charge in [-0.3, -0.25) is 0 Å². The van der Waals surface area contributed by atoms with Crippen LogP contribution in [0.3, 0.4) is 0 Å². The molecule has 4 nitrogen and oxygen atoms in total. The fourth-order valence-electron chi connectivity index (χ4n) is 2.23. The zero-order chi connectivity index (χ0) is 12.8. The lowest BCUT2D eigenvalue weighted by Gasteiger charge is -2.17. The average Bonchev–Trinajstić information content (AvgIpc) is 2.92. The lowest BCUT2D eigenvalue weighted by Crippen LogP contribution is -2.37. The molecule has 1 heterocycles. The van der Waals surface area contributed by atoms with Gasteiger partial charge in [0, 0.05) is 26.7 Å². The molecule has 1 saturated heterocycles. The summed E-state index contributed by atoms with van der Waals surface area (Å²) in [7, 11) is 1.68. The highest BCUT2D eigenvalue weighted by Crippen LogP contribution is 2.11. The summed E-state index contributed by atoms with van der Waals surface area (Å²) in [6.07, 6.45) is 2.24. The van der Waals surface area contributed by atoms with Crippen molar-refractivity contribution in [2.75, 3.05) is 20.2 Å². The third-order valence-corrected chi connectivity index (χ3v) is 3.24. The van der Waals surface area contributed by atoms with Crippen molar-refractivity contribution in [2.24, 2.45) is 0 Å². The van der Waals surface area contributed by atoms with Crippen LogP contribution in [0.4, 0.5) is 4.79 Å². The van der Waals surface area contributed by atoms with E-state index in [4.69, 9.17) is 4.74 Å². The molecule has 0 aromatic heterocycles. The molecular weight excluding hydrogens is 228 g/mol. The number of ether oxygens (including phenoxy) is 1. The second kappa shape index (κ2) is 6.40. The summed E-state index contributed by atoms with van der Waals surface area (Å²) in [5.41, 5.74) is 2.24. The van der Waals surface area contributed by atoms with E-state index in [9.17, 15) is 4.79 Å². The van der Waals surface area contributed by atoms with Gasteiger partial charge in [0.2, 0.25) is 0 Å². The normalized spacial score (nSPS) is 14.8. The van der Waals surface area contributed by atoms with Gasteiger partial charge in [0.25, 0.3) is 0 Å². The standard InChI is InChI=1S/C14H20N2O2/c1-18-11-13-7-3-2-6-12(13)10-15-14(17)16-8-4-5-9-16/h2-3,6-7H,4-5,8-11H2,1H3,(H,15,17). The summed E-state index contributed by atoms with van der Waals surface area (Å²) in [6, 6.07) is 8.07. The average molecular weight is 248 g/mol. The molecule has 0 bridgehead atoms. The molecule has 2 rings (SSSR count). The number of amides is 2. The Morgan fingerprint density at radius 1 is 1.28 bits per heavy atom. The first-order valence-corrected chi connectivity index (χ1v) is 6.40. The van der Waals surface area contributed by atoms with Gasteiger partial charge in [-0.25, -0.2) is 4.79 Å². The molecule has 98 valence electrons. The molecule has 0 atom stereocenters. The summed E-state index contributed by atoms with van der Waals surface area (Å²) in [6.45, 7) is 2.90. The molecule has 0 unspecified atom stereocenters. The quantitative estimate of drug-likeness (QED) is 0.887. The number of likely N-dealkylation sites (tertiary alicyclic amines) is 1. The second-order valence-corrected chi connectivity index (χ2v) is 4.55. The number of benzene rings is 1. The van der Waals surface area contributed by atoms with Gasteiger partial charge >= 0.3 is 6.03 Å². The van der Waals surface area contributed by atoms with E-state index < -0.39 is 0 Å². The number of nitrogens with zero attached hydrogens (tertiary/aromatic N) is 1.